The number of hydrogen-bond acceptors (Lipinski definition) is 3. The smallest absolute Gasteiger partial charge is 0.255 e. The topological polar surface area (TPSA) is 78.5 Å². The summed E-state index contributed by atoms with van der Waals surface area (Å²) in [5.74, 6) is -0.594. The van der Waals surface area contributed by atoms with E-state index in [1.165, 1.54) is 6.92 Å². The molecule has 0 saturated carbocycles. The zero-order valence-electron chi connectivity index (χ0n) is 15.3. The number of carbonyl (C=O) groups is 3. The van der Waals surface area contributed by atoms with E-state index < -0.39 is 0 Å². The number of hydrogen-bond donors (Lipinski definition) is 2. The molecule has 2 aromatic carbocycles. The number of nitrogens with one attached hydrogen (secondary N) is 2. The highest BCUT2D eigenvalue weighted by molar-refractivity contribution is 6.09. The van der Waals surface area contributed by atoms with Gasteiger partial charge in [0.15, 0.2) is 0 Å². The lowest BCUT2D eigenvalue weighted by molar-refractivity contribution is -0.114. The van der Waals surface area contributed by atoms with Crippen LogP contribution in [-0.2, 0) is 4.79 Å². The fourth-order valence-corrected chi connectivity index (χ4v) is 3.18. The van der Waals surface area contributed by atoms with Crippen LogP contribution in [0.15, 0.2) is 48.5 Å². The monoisotopic (exact) mass is 365 g/mol. The van der Waals surface area contributed by atoms with Crippen LogP contribution in [0.5, 0.6) is 0 Å². The fraction of sp³-hybridized carbons (Fsp3) is 0.286. The number of piperidine rings is 1. The summed E-state index contributed by atoms with van der Waals surface area (Å²) in [6.45, 7) is 2.91. The highest BCUT2D eigenvalue weighted by atomic mass is 16.2. The van der Waals surface area contributed by atoms with Gasteiger partial charge in [0.25, 0.3) is 11.8 Å². The Bertz CT molecular complexity index is 857. The van der Waals surface area contributed by atoms with Gasteiger partial charge in [0.1, 0.15) is 0 Å². The first-order valence-corrected chi connectivity index (χ1v) is 9.12. The van der Waals surface area contributed by atoms with Crippen molar-refractivity contribution in [3.8, 4) is 0 Å². The molecule has 1 aliphatic rings. The molecule has 0 atom stereocenters. The van der Waals surface area contributed by atoms with Gasteiger partial charge >= 0.3 is 0 Å². The normalized spacial score (nSPS) is 13.7. The lowest BCUT2D eigenvalue weighted by Gasteiger charge is -2.27. The maximum Gasteiger partial charge on any atom is 0.255 e. The number of likely N-dealkylation sites (tertiary alicyclic amines) is 1. The summed E-state index contributed by atoms with van der Waals surface area (Å²) in [6.07, 6.45) is 3.17. The Balaban J connectivity index is 1.78. The SMILES string of the molecule is CC(=O)Nc1cccc(C(=O)Nc2ccccc2C(=O)N2CCCCC2)c1. The number of amides is 3. The van der Waals surface area contributed by atoms with Crippen molar-refractivity contribution in [3.05, 3.63) is 59.7 Å². The Hall–Kier alpha value is -3.15. The molecule has 140 valence electrons. The Kier molecular flexibility index (Phi) is 5.86. The van der Waals surface area contributed by atoms with Crippen LogP contribution in [-0.4, -0.2) is 35.7 Å². The van der Waals surface area contributed by atoms with Crippen molar-refractivity contribution in [1.82, 2.24) is 4.90 Å². The zero-order valence-corrected chi connectivity index (χ0v) is 15.3. The average molecular weight is 365 g/mol. The van der Waals surface area contributed by atoms with Gasteiger partial charge in [0, 0.05) is 31.3 Å². The Morgan fingerprint density at radius 1 is 0.889 bits per heavy atom. The van der Waals surface area contributed by atoms with E-state index in [4.69, 9.17) is 0 Å². The van der Waals surface area contributed by atoms with E-state index >= 15 is 0 Å². The molecule has 27 heavy (non-hydrogen) atoms. The summed E-state index contributed by atoms with van der Waals surface area (Å²) < 4.78 is 0. The lowest BCUT2D eigenvalue weighted by Crippen LogP contribution is -2.36. The van der Waals surface area contributed by atoms with Crippen molar-refractivity contribution in [2.24, 2.45) is 0 Å². The molecule has 2 aromatic rings. The predicted octanol–water partition coefficient (Wildman–Crippen LogP) is 3.52. The number of anilines is 2. The van der Waals surface area contributed by atoms with E-state index in [2.05, 4.69) is 10.6 Å². The molecule has 1 saturated heterocycles. The van der Waals surface area contributed by atoms with Crippen LogP contribution < -0.4 is 10.6 Å². The van der Waals surface area contributed by atoms with Gasteiger partial charge < -0.3 is 15.5 Å². The van der Waals surface area contributed by atoms with Crippen molar-refractivity contribution in [3.63, 3.8) is 0 Å². The van der Waals surface area contributed by atoms with E-state index in [1.54, 1.807) is 48.5 Å². The zero-order chi connectivity index (χ0) is 19.2. The maximum absolute atomic E-state index is 12.8. The molecular formula is C21H23N3O3. The Labute approximate surface area is 158 Å². The van der Waals surface area contributed by atoms with E-state index in [0.29, 0.717) is 22.5 Å². The van der Waals surface area contributed by atoms with Gasteiger partial charge in [-0.3, -0.25) is 14.4 Å². The van der Waals surface area contributed by atoms with Crippen LogP contribution >= 0.6 is 0 Å². The molecule has 2 N–H and O–H groups in total. The van der Waals surface area contributed by atoms with Crippen molar-refractivity contribution in [2.75, 3.05) is 23.7 Å². The number of rotatable bonds is 4. The van der Waals surface area contributed by atoms with E-state index in [-0.39, 0.29) is 17.7 Å². The lowest BCUT2D eigenvalue weighted by atomic mass is 10.1. The van der Waals surface area contributed by atoms with Crippen LogP contribution in [0.4, 0.5) is 11.4 Å². The highest BCUT2D eigenvalue weighted by Gasteiger charge is 2.21. The molecule has 0 aromatic heterocycles. The molecule has 1 heterocycles. The molecule has 1 aliphatic heterocycles. The summed E-state index contributed by atoms with van der Waals surface area (Å²) in [4.78, 5) is 38.5. The molecule has 0 spiro atoms. The first-order chi connectivity index (χ1) is 13.0. The standard InChI is InChI=1S/C21H23N3O3/c1-15(25)22-17-9-7-8-16(14-17)20(26)23-19-11-4-3-10-18(19)21(27)24-12-5-2-6-13-24/h3-4,7-11,14H,2,5-6,12-13H2,1H3,(H,22,25)(H,23,26). The summed E-state index contributed by atoms with van der Waals surface area (Å²) >= 11 is 0. The third kappa shape index (κ3) is 4.73. The quantitative estimate of drug-likeness (QED) is 0.870. The fourth-order valence-electron chi connectivity index (χ4n) is 3.18. The van der Waals surface area contributed by atoms with Crippen molar-refractivity contribution >= 4 is 29.1 Å². The minimum absolute atomic E-state index is 0.0578. The van der Waals surface area contributed by atoms with Crippen molar-refractivity contribution < 1.29 is 14.4 Å². The van der Waals surface area contributed by atoms with Gasteiger partial charge in [-0.2, -0.15) is 0 Å². The molecule has 0 unspecified atom stereocenters. The summed E-state index contributed by atoms with van der Waals surface area (Å²) in [5.41, 5.74) is 1.93. The maximum atomic E-state index is 12.8. The molecule has 6 nitrogen and oxygen atoms in total. The number of carbonyl (C=O) groups excluding carboxylic acids is 3. The second-order valence-corrected chi connectivity index (χ2v) is 6.61. The van der Waals surface area contributed by atoms with Gasteiger partial charge in [-0.25, -0.2) is 0 Å². The minimum atomic E-state index is -0.332. The number of benzene rings is 2. The van der Waals surface area contributed by atoms with E-state index in [9.17, 15) is 14.4 Å². The third-order valence-electron chi connectivity index (χ3n) is 4.49. The largest absolute Gasteiger partial charge is 0.339 e. The molecule has 0 bridgehead atoms. The van der Waals surface area contributed by atoms with E-state index in [1.807, 2.05) is 4.90 Å². The van der Waals surface area contributed by atoms with Crippen LogP contribution in [0.1, 0.15) is 46.9 Å². The van der Waals surface area contributed by atoms with Gasteiger partial charge in [-0.1, -0.05) is 18.2 Å². The van der Waals surface area contributed by atoms with Crippen LogP contribution in [0.3, 0.4) is 0 Å². The molecule has 1 fully saturated rings. The average Bonchev–Trinajstić information content (AvgIpc) is 2.68. The number of nitrogens with zero attached hydrogens (tertiary/aromatic N) is 1. The predicted molar refractivity (Wildman–Crippen MR) is 105 cm³/mol. The molecule has 3 rings (SSSR count). The minimum Gasteiger partial charge on any atom is -0.339 e. The molecular weight excluding hydrogens is 342 g/mol. The molecule has 3 amide bonds. The third-order valence-corrected chi connectivity index (χ3v) is 4.49. The first kappa shape index (κ1) is 18.6. The van der Waals surface area contributed by atoms with E-state index in [0.717, 1.165) is 32.4 Å². The van der Waals surface area contributed by atoms with Crippen LogP contribution in [0.25, 0.3) is 0 Å². The highest BCUT2D eigenvalue weighted by Crippen LogP contribution is 2.21. The van der Waals surface area contributed by atoms with Crippen molar-refractivity contribution in [2.45, 2.75) is 26.2 Å². The van der Waals surface area contributed by atoms with Crippen LogP contribution in [0, 0.1) is 0 Å². The van der Waals surface area contributed by atoms with Gasteiger partial charge in [0.05, 0.1) is 11.3 Å². The molecule has 0 radical (unpaired) electrons. The summed E-state index contributed by atoms with van der Waals surface area (Å²) in [5, 5.41) is 5.49. The van der Waals surface area contributed by atoms with Crippen molar-refractivity contribution in [1.29, 1.82) is 0 Å². The Morgan fingerprint density at radius 3 is 2.37 bits per heavy atom. The van der Waals surface area contributed by atoms with Gasteiger partial charge in [-0.15, -0.1) is 0 Å². The van der Waals surface area contributed by atoms with Crippen LogP contribution in [0.2, 0.25) is 0 Å². The number of para-hydroxylation sites is 1. The molecule has 6 heteroatoms. The van der Waals surface area contributed by atoms with Gasteiger partial charge in [0.2, 0.25) is 5.91 Å². The Morgan fingerprint density at radius 2 is 1.63 bits per heavy atom. The molecule has 0 aliphatic carbocycles. The second-order valence-electron chi connectivity index (χ2n) is 6.61. The summed E-state index contributed by atoms with van der Waals surface area (Å²) in [6, 6.07) is 13.7. The summed E-state index contributed by atoms with van der Waals surface area (Å²) in [7, 11) is 0. The second kappa shape index (κ2) is 8.49. The van der Waals surface area contributed by atoms with Gasteiger partial charge in [-0.05, 0) is 49.6 Å². The first-order valence-electron chi connectivity index (χ1n) is 9.12.